The van der Waals surface area contributed by atoms with Crippen LogP contribution in [-0.4, -0.2) is 38.0 Å². The molecule has 1 aromatic carbocycles. The SMILES string of the molecule is C/C(=C\c1ccccc1)CNCCC(=O)N(C)C. The minimum atomic E-state index is 0.159. The van der Waals surface area contributed by atoms with Gasteiger partial charge in [-0.25, -0.2) is 0 Å². The Morgan fingerprint density at radius 3 is 2.56 bits per heavy atom. The highest BCUT2D eigenvalue weighted by Crippen LogP contribution is 2.05. The van der Waals surface area contributed by atoms with Gasteiger partial charge >= 0.3 is 0 Å². The van der Waals surface area contributed by atoms with Crippen molar-refractivity contribution in [2.24, 2.45) is 0 Å². The normalized spacial score (nSPS) is 11.4. The topological polar surface area (TPSA) is 32.3 Å². The molecular formula is C15H22N2O. The van der Waals surface area contributed by atoms with Crippen LogP contribution in [0.1, 0.15) is 18.9 Å². The Balaban J connectivity index is 2.27. The summed E-state index contributed by atoms with van der Waals surface area (Å²) in [7, 11) is 3.56. The minimum Gasteiger partial charge on any atom is -0.349 e. The van der Waals surface area contributed by atoms with Crippen molar-refractivity contribution in [1.82, 2.24) is 10.2 Å². The van der Waals surface area contributed by atoms with E-state index in [9.17, 15) is 4.79 Å². The molecule has 1 N–H and O–H groups in total. The standard InChI is InChI=1S/C15H22N2O/c1-13(11-14-7-5-4-6-8-14)12-16-10-9-15(18)17(2)3/h4-8,11,16H,9-10,12H2,1-3H3/b13-11+. The van der Waals surface area contributed by atoms with E-state index < -0.39 is 0 Å². The number of nitrogens with zero attached hydrogens (tertiary/aromatic N) is 1. The molecule has 0 fully saturated rings. The Morgan fingerprint density at radius 2 is 1.94 bits per heavy atom. The van der Waals surface area contributed by atoms with E-state index in [2.05, 4.69) is 30.4 Å². The van der Waals surface area contributed by atoms with Crippen LogP contribution < -0.4 is 5.32 Å². The highest BCUT2D eigenvalue weighted by atomic mass is 16.2. The predicted molar refractivity (Wildman–Crippen MR) is 76.3 cm³/mol. The highest BCUT2D eigenvalue weighted by Gasteiger charge is 2.02. The van der Waals surface area contributed by atoms with Crippen LogP contribution >= 0.6 is 0 Å². The highest BCUT2D eigenvalue weighted by molar-refractivity contribution is 5.75. The second kappa shape index (κ2) is 7.67. The molecule has 0 radical (unpaired) electrons. The third-order valence-corrected chi connectivity index (χ3v) is 2.63. The second-order valence-corrected chi connectivity index (χ2v) is 4.62. The maximum absolute atomic E-state index is 11.3. The summed E-state index contributed by atoms with van der Waals surface area (Å²) >= 11 is 0. The monoisotopic (exact) mass is 246 g/mol. The van der Waals surface area contributed by atoms with Gasteiger partial charge in [0.05, 0.1) is 0 Å². The maximum atomic E-state index is 11.3. The van der Waals surface area contributed by atoms with Gasteiger partial charge in [-0.15, -0.1) is 0 Å². The molecule has 0 saturated heterocycles. The van der Waals surface area contributed by atoms with Crippen LogP contribution in [0.3, 0.4) is 0 Å². The molecule has 0 unspecified atom stereocenters. The zero-order valence-corrected chi connectivity index (χ0v) is 11.4. The van der Waals surface area contributed by atoms with E-state index >= 15 is 0 Å². The molecule has 1 amide bonds. The van der Waals surface area contributed by atoms with Gasteiger partial charge in [-0.05, 0) is 12.5 Å². The number of hydrogen-bond acceptors (Lipinski definition) is 2. The van der Waals surface area contributed by atoms with Crippen LogP contribution in [0.25, 0.3) is 6.08 Å². The average Bonchev–Trinajstić information content (AvgIpc) is 2.35. The molecule has 0 heterocycles. The van der Waals surface area contributed by atoms with Gasteiger partial charge < -0.3 is 10.2 Å². The maximum Gasteiger partial charge on any atom is 0.223 e. The first-order valence-corrected chi connectivity index (χ1v) is 6.22. The zero-order chi connectivity index (χ0) is 13.4. The molecular weight excluding hydrogens is 224 g/mol. The molecule has 0 aromatic heterocycles. The number of benzene rings is 1. The van der Waals surface area contributed by atoms with Crippen molar-refractivity contribution in [2.45, 2.75) is 13.3 Å². The Bertz CT molecular complexity index is 396. The smallest absolute Gasteiger partial charge is 0.223 e. The van der Waals surface area contributed by atoms with E-state index in [1.165, 1.54) is 11.1 Å². The van der Waals surface area contributed by atoms with Crippen LogP contribution in [0, 0.1) is 0 Å². The van der Waals surface area contributed by atoms with Crippen molar-refractivity contribution in [3.8, 4) is 0 Å². The summed E-state index contributed by atoms with van der Waals surface area (Å²) in [5, 5.41) is 3.28. The summed E-state index contributed by atoms with van der Waals surface area (Å²) in [6.07, 6.45) is 2.70. The molecule has 0 aliphatic carbocycles. The van der Waals surface area contributed by atoms with Crippen molar-refractivity contribution >= 4 is 12.0 Å². The quantitative estimate of drug-likeness (QED) is 0.780. The number of carbonyl (C=O) groups is 1. The molecule has 0 bridgehead atoms. The third kappa shape index (κ3) is 5.64. The summed E-state index contributed by atoms with van der Waals surface area (Å²) in [5.41, 5.74) is 2.47. The largest absolute Gasteiger partial charge is 0.349 e. The van der Waals surface area contributed by atoms with E-state index in [0.29, 0.717) is 6.42 Å². The molecule has 0 aliphatic rings. The average molecular weight is 246 g/mol. The van der Waals surface area contributed by atoms with E-state index in [1.54, 1.807) is 19.0 Å². The van der Waals surface area contributed by atoms with E-state index in [-0.39, 0.29) is 5.91 Å². The lowest BCUT2D eigenvalue weighted by Gasteiger charge is -2.10. The van der Waals surface area contributed by atoms with Gasteiger partial charge in [0.1, 0.15) is 0 Å². The lowest BCUT2D eigenvalue weighted by atomic mass is 10.1. The summed E-state index contributed by atoms with van der Waals surface area (Å²) < 4.78 is 0. The second-order valence-electron chi connectivity index (χ2n) is 4.62. The Kier molecular flexibility index (Phi) is 6.15. The molecule has 0 spiro atoms. The number of hydrogen-bond donors (Lipinski definition) is 1. The van der Waals surface area contributed by atoms with Crippen molar-refractivity contribution < 1.29 is 4.79 Å². The fraction of sp³-hybridized carbons (Fsp3) is 0.400. The van der Waals surface area contributed by atoms with E-state index in [1.807, 2.05) is 18.2 Å². The fourth-order valence-corrected chi connectivity index (χ4v) is 1.59. The van der Waals surface area contributed by atoms with Crippen molar-refractivity contribution in [2.75, 3.05) is 27.2 Å². The summed E-state index contributed by atoms with van der Waals surface area (Å²) in [6.45, 7) is 3.63. The van der Waals surface area contributed by atoms with Gasteiger partial charge in [0.15, 0.2) is 0 Å². The van der Waals surface area contributed by atoms with Crippen molar-refractivity contribution in [3.05, 3.63) is 41.5 Å². The van der Waals surface area contributed by atoms with Gasteiger partial charge in [-0.1, -0.05) is 42.0 Å². The Morgan fingerprint density at radius 1 is 1.28 bits per heavy atom. The Hall–Kier alpha value is -1.61. The van der Waals surface area contributed by atoms with Gasteiger partial charge in [-0.3, -0.25) is 4.79 Å². The number of carbonyl (C=O) groups excluding carboxylic acids is 1. The first-order chi connectivity index (χ1) is 8.59. The summed E-state index contributed by atoms with van der Waals surface area (Å²) in [5.74, 6) is 0.159. The number of amides is 1. The molecule has 1 rings (SSSR count). The predicted octanol–water partition coefficient (Wildman–Crippen LogP) is 2.16. The minimum absolute atomic E-state index is 0.159. The molecule has 1 aromatic rings. The summed E-state index contributed by atoms with van der Waals surface area (Å²) in [4.78, 5) is 13.0. The molecule has 98 valence electrons. The first-order valence-electron chi connectivity index (χ1n) is 6.22. The number of rotatable bonds is 6. The van der Waals surface area contributed by atoms with Crippen LogP contribution in [-0.2, 0) is 4.79 Å². The van der Waals surface area contributed by atoms with Gasteiger partial charge in [0, 0.05) is 33.6 Å². The molecule has 3 heteroatoms. The first kappa shape index (κ1) is 14.5. The zero-order valence-electron chi connectivity index (χ0n) is 11.4. The van der Waals surface area contributed by atoms with Crippen LogP contribution in [0.4, 0.5) is 0 Å². The lowest BCUT2D eigenvalue weighted by molar-refractivity contribution is -0.128. The van der Waals surface area contributed by atoms with Gasteiger partial charge in [0.25, 0.3) is 0 Å². The molecule has 0 saturated carbocycles. The van der Waals surface area contributed by atoms with Gasteiger partial charge in [0.2, 0.25) is 5.91 Å². The molecule has 0 atom stereocenters. The van der Waals surface area contributed by atoms with E-state index in [0.717, 1.165) is 13.1 Å². The molecule has 3 nitrogen and oxygen atoms in total. The lowest BCUT2D eigenvalue weighted by Crippen LogP contribution is -2.27. The van der Waals surface area contributed by atoms with Crippen molar-refractivity contribution in [1.29, 1.82) is 0 Å². The van der Waals surface area contributed by atoms with Gasteiger partial charge in [-0.2, -0.15) is 0 Å². The fourth-order valence-electron chi connectivity index (χ4n) is 1.59. The summed E-state index contributed by atoms with van der Waals surface area (Å²) in [6, 6.07) is 10.2. The van der Waals surface area contributed by atoms with Crippen molar-refractivity contribution in [3.63, 3.8) is 0 Å². The third-order valence-electron chi connectivity index (χ3n) is 2.63. The van der Waals surface area contributed by atoms with Crippen LogP contribution in [0.2, 0.25) is 0 Å². The van der Waals surface area contributed by atoms with Crippen LogP contribution in [0.15, 0.2) is 35.9 Å². The Labute approximate surface area is 109 Å². The number of nitrogens with one attached hydrogen (secondary N) is 1. The van der Waals surface area contributed by atoms with Crippen LogP contribution in [0.5, 0.6) is 0 Å². The van der Waals surface area contributed by atoms with E-state index in [4.69, 9.17) is 0 Å². The molecule has 0 aliphatic heterocycles. The molecule has 18 heavy (non-hydrogen) atoms.